The largest absolute Gasteiger partial charge is 0.330 e. The van der Waals surface area contributed by atoms with Crippen molar-refractivity contribution in [1.82, 2.24) is 24.6 Å². The van der Waals surface area contributed by atoms with E-state index in [4.69, 9.17) is 0 Å². The lowest BCUT2D eigenvalue weighted by Gasteiger charge is -2.20. The Balaban J connectivity index is 1.78. The molecule has 22 heavy (non-hydrogen) atoms. The van der Waals surface area contributed by atoms with Gasteiger partial charge in [-0.3, -0.25) is 9.48 Å². The molecule has 3 rings (SSSR count). The number of hydrogen-bond acceptors (Lipinski definition) is 4. The van der Waals surface area contributed by atoms with E-state index in [1.165, 1.54) is 0 Å². The van der Waals surface area contributed by atoms with Gasteiger partial charge in [0.05, 0.1) is 12.2 Å². The summed E-state index contributed by atoms with van der Waals surface area (Å²) in [5.41, 5.74) is 1.91. The molecular formula is C16H21N5O. The van der Waals surface area contributed by atoms with Crippen molar-refractivity contribution in [1.29, 1.82) is 0 Å². The van der Waals surface area contributed by atoms with Crippen LogP contribution in [0.1, 0.15) is 50.8 Å². The fourth-order valence-corrected chi connectivity index (χ4v) is 2.56. The molecule has 116 valence electrons. The molecule has 0 bridgehead atoms. The van der Waals surface area contributed by atoms with Gasteiger partial charge in [0.2, 0.25) is 5.91 Å². The molecule has 6 heteroatoms. The van der Waals surface area contributed by atoms with E-state index >= 15 is 0 Å². The summed E-state index contributed by atoms with van der Waals surface area (Å²) in [7, 11) is 0. The van der Waals surface area contributed by atoms with Crippen molar-refractivity contribution in [2.45, 2.75) is 52.2 Å². The van der Waals surface area contributed by atoms with Gasteiger partial charge in [-0.1, -0.05) is 20.8 Å². The number of carbonyl (C=O) groups is 1. The van der Waals surface area contributed by atoms with Crippen LogP contribution in [0.15, 0.2) is 24.7 Å². The molecule has 1 atom stereocenters. The van der Waals surface area contributed by atoms with E-state index in [1.54, 1.807) is 10.9 Å². The van der Waals surface area contributed by atoms with Crippen molar-refractivity contribution in [3.63, 3.8) is 0 Å². The number of rotatable bonds is 2. The molecule has 0 N–H and O–H groups in total. The minimum Gasteiger partial charge on any atom is -0.330 e. The molecule has 0 aliphatic carbocycles. The Morgan fingerprint density at radius 2 is 2.09 bits per heavy atom. The van der Waals surface area contributed by atoms with Crippen LogP contribution < -0.4 is 0 Å². The van der Waals surface area contributed by atoms with Crippen LogP contribution in [-0.4, -0.2) is 30.6 Å². The number of nitrogens with zero attached hydrogens (tertiary/aromatic N) is 5. The highest BCUT2D eigenvalue weighted by Crippen LogP contribution is 2.26. The molecule has 6 nitrogen and oxygen atoms in total. The second-order valence-electron chi connectivity index (χ2n) is 6.77. The van der Waals surface area contributed by atoms with Crippen LogP contribution in [-0.2, 0) is 23.3 Å². The zero-order valence-electron chi connectivity index (χ0n) is 13.4. The first-order chi connectivity index (χ1) is 10.4. The standard InChI is InChI=1S/C16H21N5O/c1-11(21-7-5-6-18-21)14(22)20-9-12-8-17-15(16(2,3)4)19-13(12)10-20/h5-8,11H,9-10H2,1-4H3/t11-/m0/s1. The van der Waals surface area contributed by atoms with E-state index < -0.39 is 0 Å². The van der Waals surface area contributed by atoms with E-state index in [0.29, 0.717) is 13.1 Å². The van der Waals surface area contributed by atoms with Gasteiger partial charge in [0.15, 0.2) is 0 Å². The average Bonchev–Trinajstić information content (AvgIpc) is 3.12. The maximum atomic E-state index is 12.6. The van der Waals surface area contributed by atoms with Crippen molar-refractivity contribution in [2.75, 3.05) is 0 Å². The minimum atomic E-state index is -0.306. The second kappa shape index (κ2) is 5.19. The summed E-state index contributed by atoms with van der Waals surface area (Å²) < 4.78 is 1.68. The summed E-state index contributed by atoms with van der Waals surface area (Å²) in [6, 6.07) is 1.52. The smallest absolute Gasteiger partial charge is 0.247 e. The van der Waals surface area contributed by atoms with E-state index in [1.807, 2.05) is 30.3 Å². The highest BCUT2D eigenvalue weighted by Gasteiger charge is 2.30. The fourth-order valence-electron chi connectivity index (χ4n) is 2.56. The molecule has 0 spiro atoms. The first-order valence-corrected chi connectivity index (χ1v) is 7.49. The number of aromatic nitrogens is 4. The highest BCUT2D eigenvalue weighted by molar-refractivity contribution is 5.80. The lowest BCUT2D eigenvalue weighted by Crippen LogP contribution is -2.32. The van der Waals surface area contributed by atoms with E-state index in [9.17, 15) is 4.79 Å². The summed E-state index contributed by atoms with van der Waals surface area (Å²) in [4.78, 5) is 23.5. The third kappa shape index (κ3) is 2.61. The summed E-state index contributed by atoms with van der Waals surface area (Å²) in [6.45, 7) is 9.26. The van der Waals surface area contributed by atoms with Gasteiger partial charge in [0.1, 0.15) is 11.9 Å². The Hall–Kier alpha value is -2.24. The molecule has 1 aliphatic rings. The van der Waals surface area contributed by atoms with Gasteiger partial charge in [-0.2, -0.15) is 5.10 Å². The maximum Gasteiger partial charge on any atom is 0.247 e. The quantitative estimate of drug-likeness (QED) is 0.851. The van der Waals surface area contributed by atoms with Gasteiger partial charge < -0.3 is 4.90 Å². The number of fused-ring (bicyclic) bond motifs is 1. The molecule has 1 aliphatic heterocycles. The van der Waals surface area contributed by atoms with Crippen LogP contribution in [0.5, 0.6) is 0 Å². The monoisotopic (exact) mass is 299 g/mol. The van der Waals surface area contributed by atoms with Crippen LogP contribution >= 0.6 is 0 Å². The molecule has 0 fully saturated rings. The van der Waals surface area contributed by atoms with Crippen LogP contribution in [0.25, 0.3) is 0 Å². The SMILES string of the molecule is C[C@@H](C(=O)N1Cc2cnc(C(C)(C)C)nc2C1)n1cccn1. The van der Waals surface area contributed by atoms with E-state index in [-0.39, 0.29) is 17.4 Å². The first-order valence-electron chi connectivity index (χ1n) is 7.49. The van der Waals surface area contributed by atoms with Gasteiger partial charge in [-0.05, 0) is 13.0 Å². The Labute approximate surface area is 130 Å². The van der Waals surface area contributed by atoms with Gasteiger partial charge in [-0.25, -0.2) is 9.97 Å². The Bertz CT molecular complexity index is 687. The molecule has 3 heterocycles. The lowest BCUT2D eigenvalue weighted by molar-refractivity contribution is -0.135. The topological polar surface area (TPSA) is 63.9 Å². The van der Waals surface area contributed by atoms with Gasteiger partial charge in [0.25, 0.3) is 0 Å². The summed E-state index contributed by atoms with van der Waals surface area (Å²) in [6.07, 6.45) is 5.35. The van der Waals surface area contributed by atoms with Crippen molar-refractivity contribution in [2.24, 2.45) is 0 Å². The van der Waals surface area contributed by atoms with Gasteiger partial charge in [-0.15, -0.1) is 0 Å². The van der Waals surface area contributed by atoms with Crippen molar-refractivity contribution < 1.29 is 4.79 Å². The molecule has 0 saturated carbocycles. The molecule has 2 aromatic rings. The summed E-state index contributed by atoms with van der Waals surface area (Å²) >= 11 is 0. The molecule has 1 amide bonds. The van der Waals surface area contributed by atoms with Crippen LogP contribution in [0.3, 0.4) is 0 Å². The Kier molecular flexibility index (Phi) is 3.47. The molecule has 0 unspecified atom stereocenters. The molecular weight excluding hydrogens is 278 g/mol. The predicted molar refractivity (Wildman–Crippen MR) is 81.9 cm³/mol. The van der Waals surface area contributed by atoms with Crippen LogP contribution in [0.4, 0.5) is 0 Å². The van der Waals surface area contributed by atoms with Crippen molar-refractivity contribution >= 4 is 5.91 Å². The molecule has 0 saturated heterocycles. The van der Waals surface area contributed by atoms with Crippen molar-refractivity contribution in [3.05, 3.63) is 41.7 Å². The Morgan fingerprint density at radius 1 is 1.32 bits per heavy atom. The number of hydrogen-bond donors (Lipinski definition) is 0. The first kappa shape index (κ1) is 14.7. The molecule has 0 aromatic carbocycles. The zero-order chi connectivity index (χ0) is 15.9. The van der Waals surface area contributed by atoms with E-state index in [0.717, 1.165) is 17.1 Å². The average molecular weight is 299 g/mol. The minimum absolute atomic E-state index is 0.0546. The summed E-state index contributed by atoms with van der Waals surface area (Å²) in [5, 5.41) is 4.15. The van der Waals surface area contributed by atoms with Crippen molar-refractivity contribution in [3.8, 4) is 0 Å². The Morgan fingerprint density at radius 3 is 2.73 bits per heavy atom. The molecule has 2 aromatic heterocycles. The van der Waals surface area contributed by atoms with Gasteiger partial charge >= 0.3 is 0 Å². The van der Waals surface area contributed by atoms with Crippen LogP contribution in [0, 0.1) is 0 Å². The third-order valence-corrected chi connectivity index (χ3v) is 3.92. The second-order valence-corrected chi connectivity index (χ2v) is 6.77. The number of carbonyl (C=O) groups excluding carboxylic acids is 1. The predicted octanol–water partition coefficient (Wildman–Crippen LogP) is 2.07. The lowest BCUT2D eigenvalue weighted by atomic mass is 9.95. The van der Waals surface area contributed by atoms with E-state index in [2.05, 4.69) is 35.8 Å². The maximum absolute atomic E-state index is 12.6. The highest BCUT2D eigenvalue weighted by atomic mass is 16.2. The summed E-state index contributed by atoms with van der Waals surface area (Å²) in [5.74, 6) is 0.875. The fraction of sp³-hybridized carbons (Fsp3) is 0.500. The zero-order valence-corrected chi connectivity index (χ0v) is 13.4. The molecule has 0 radical (unpaired) electrons. The third-order valence-electron chi connectivity index (χ3n) is 3.92. The van der Waals surface area contributed by atoms with Gasteiger partial charge in [0, 0.05) is 36.1 Å². The van der Waals surface area contributed by atoms with Crippen LogP contribution in [0.2, 0.25) is 0 Å². The number of amides is 1. The normalized spacial score (nSPS) is 15.7.